The second kappa shape index (κ2) is 7.28. The maximum Gasteiger partial charge on any atom is 0.325 e. The Balaban J connectivity index is 2.90. The van der Waals surface area contributed by atoms with Gasteiger partial charge < -0.3 is 9.64 Å². The van der Waals surface area contributed by atoms with Crippen LogP contribution in [-0.4, -0.2) is 30.6 Å². The van der Waals surface area contributed by atoms with Crippen molar-refractivity contribution in [1.29, 1.82) is 5.26 Å². The van der Waals surface area contributed by atoms with Crippen LogP contribution in [0, 0.1) is 11.3 Å². The molecular formula is C13H17N3O2. The second-order valence-corrected chi connectivity index (χ2v) is 3.71. The van der Waals surface area contributed by atoms with E-state index >= 15 is 0 Å². The molecular weight excluding hydrogens is 230 g/mol. The van der Waals surface area contributed by atoms with E-state index in [-0.39, 0.29) is 12.5 Å². The molecule has 0 spiro atoms. The van der Waals surface area contributed by atoms with Crippen molar-refractivity contribution in [2.24, 2.45) is 0 Å². The van der Waals surface area contributed by atoms with Crippen molar-refractivity contribution < 1.29 is 9.53 Å². The van der Waals surface area contributed by atoms with Crippen molar-refractivity contribution in [3.63, 3.8) is 0 Å². The maximum atomic E-state index is 11.5. The van der Waals surface area contributed by atoms with Crippen molar-refractivity contribution >= 4 is 11.7 Å². The summed E-state index contributed by atoms with van der Waals surface area (Å²) in [5.41, 5.74) is 1.00. The van der Waals surface area contributed by atoms with Crippen molar-refractivity contribution in [2.45, 2.75) is 20.3 Å². The minimum Gasteiger partial charge on any atom is -0.465 e. The molecule has 1 aromatic heterocycles. The monoisotopic (exact) mass is 247 g/mol. The summed E-state index contributed by atoms with van der Waals surface area (Å²) < 4.78 is 4.93. The number of pyridine rings is 1. The van der Waals surface area contributed by atoms with Gasteiger partial charge in [0.05, 0.1) is 12.3 Å². The van der Waals surface area contributed by atoms with Gasteiger partial charge in [0.15, 0.2) is 5.69 Å². The lowest BCUT2D eigenvalue weighted by molar-refractivity contribution is -0.141. The number of anilines is 1. The van der Waals surface area contributed by atoms with Gasteiger partial charge in [-0.15, -0.1) is 0 Å². The van der Waals surface area contributed by atoms with Crippen molar-refractivity contribution in [3.8, 4) is 6.07 Å². The lowest BCUT2D eigenvalue weighted by Crippen LogP contribution is -2.32. The van der Waals surface area contributed by atoms with Crippen LogP contribution in [0.5, 0.6) is 0 Å². The van der Waals surface area contributed by atoms with Crippen LogP contribution in [0.4, 0.5) is 5.69 Å². The zero-order chi connectivity index (χ0) is 13.4. The van der Waals surface area contributed by atoms with Crippen molar-refractivity contribution in [1.82, 2.24) is 4.98 Å². The number of nitrogens with zero attached hydrogens (tertiary/aromatic N) is 3. The molecule has 1 heterocycles. The lowest BCUT2D eigenvalue weighted by Gasteiger charge is -2.23. The third-order valence-electron chi connectivity index (χ3n) is 2.35. The largest absolute Gasteiger partial charge is 0.465 e. The predicted octanol–water partition coefficient (Wildman–Crippen LogP) is 1.73. The first kappa shape index (κ1) is 14.0. The number of hydrogen-bond acceptors (Lipinski definition) is 5. The van der Waals surface area contributed by atoms with Crippen LogP contribution in [0.1, 0.15) is 26.0 Å². The molecule has 0 aromatic carbocycles. The molecule has 0 N–H and O–H groups in total. The van der Waals surface area contributed by atoms with Crippen LogP contribution >= 0.6 is 0 Å². The van der Waals surface area contributed by atoms with Gasteiger partial charge >= 0.3 is 5.97 Å². The van der Waals surface area contributed by atoms with Gasteiger partial charge in [-0.05, 0) is 25.5 Å². The molecule has 0 bridgehead atoms. The molecule has 0 saturated carbocycles. The topological polar surface area (TPSA) is 66.2 Å². The zero-order valence-electron chi connectivity index (χ0n) is 10.7. The van der Waals surface area contributed by atoms with Gasteiger partial charge in [-0.25, -0.2) is 4.98 Å². The summed E-state index contributed by atoms with van der Waals surface area (Å²) in [6.45, 7) is 4.96. The van der Waals surface area contributed by atoms with Crippen molar-refractivity contribution in [2.75, 3.05) is 24.6 Å². The Morgan fingerprint density at radius 1 is 1.56 bits per heavy atom. The first-order valence-corrected chi connectivity index (χ1v) is 5.98. The number of carbonyl (C=O) groups excluding carboxylic acids is 1. The SMILES string of the molecule is CCCN(CC(=O)OCC)c1cccnc1C#N. The van der Waals surface area contributed by atoms with Crippen LogP contribution in [-0.2, 0) is 9.53 Å². The van der Waals surface area contributed by atoms with Gasteiger partial charge in [0.2, 0.25) is 0 Å². The van der Waals surface area contributed by atoms with E-state index in [1.165, 1.54) is 0 Å². The second-order valence-electron chi connectivity index (χ2n) is 3.71. The van der Waals surface area contributed by atoms with Crippen LogP contribution < -0.4 is 4.90 Å². The van der Waals surface area contributed by atoms with E-state index in [4.69, 9.17) is 10.00 Å². The average Bonchev–Trinajstić information content (AvgIpc) is 2.38. The summed E-state index contributed by atoms with van der Waals surface area (Å²) in [6, 6.07) is 5.58. The van der Waals surface area contributed by atoms with Gasteiger partial charge in [0.1, 0.15) is 12.6 Å². The number of ether oxygens (including phenoxy) is 1. The molecule has 0 aliphatic heterocycles. The molecule has 1 aromatic rings. The van der Waals surface area contributed by atoms with Gasteiger partial charge in [-0.1, -0.05) is 6.92 Å². The standard InChI is InChI=1S/C13H17N3O2/c1-3-8-16(10-13(17)18-4-2)12-6-5-7-15-11(12)9-14/h5-7H,3-4,8,10H2,1-2H3. The quantitative estimate of drug-likeness (QED) is 0.716. The van der Waals surface area contributed by atoms with E-state index in [2.05, 4.69) is 4.98 Å². The molecule has 5 nitrogen and oxygen atoms in total. The Morgan fingerprint density at radius 2 is 2.33 bits per heavy atom. The summed E-state index contributed by atoms with van der Waals surface area (Å²) in [7, 11) is 0. The molecule has 0 aliphatic carbocycles. The Morgan fingerprint density at radius 3 is 2.94 bits per heavy atom. The molecule has 96 valence electrons. The highest BCUT2D eigenvalue weighted by molar-refractivity contribution is 5.76. The highest BCUT2D eigenvalue weighted by atomic mass is 16.5. The summed E-state index contributed by atoms with van der Waals surface area (Å²) in [5, 5.41) is 9.02. The van der Waals surface area contributed by atoms with Gasteiger partial charge in [-0.2, -0.15) is 5.26 Å². The predicted molar refractivity (Wildman–Crippen MR) is 68.1 cm³/mol. The summed E-state index contributed by atoms with van der Waals surface area (Å²) in [5.74, 6) is -0.293. The van der Waals surface area contributed by atoms with Gasteiger partial charge in [0, 0.05) is 12.7 Å². The fourth-order valence-electron chi connectivity index (χ4n) is 1.66. The minimum atomic E-state index is -0.293. The van der Waals surface area contributed by atoms with Crippen LogP contribution in [0.25, 0.3) is 0 Å². The number of hydrogen-bond donors (Lipinski definition) is 0. The normalized spacial score (nSPS) is 9.61. The number of rotatable bonds is 6. The van der Waals surface area contributed by atoms with Crippen LogP contribution in [0.15, 0.2) is 18.3 Å². The smallest absolute Gasteiger partial charge is 0.325 e. The molecule has 0 fully saturated rings. The van der Waals surface area contributed by atoms with E-state index in [9.17, 15) is 4.79 Å². The van der Waals surface area contributed by atoms with Crippen LogP contribution in [0.3, 0.4) is 0 Å². The molecule has 0 atom stereocenters. The molecule has 0 aliphatic rings. The van der Waals surface area contributed by atoms with E-state index in [1.54, 1.807) is 25.3 Å². The molecule has 5 heteroatoms. The third kappa shape index (κ3) is 3.74. The molecule has 0 saturated heterocycles. The zero-order valence-corrected chi connectivity index (χ0v) is 10.7. The third-order valence-corrected chi connectivity index (χ3v) is 2.35. The Hall–Kier alpha value is -2.09. The number of nitriles is 1. The summed E-state index contributed by atoms with van der Waals surface area (Å²) in [4.78, 5) is 17.4. The first-order chi connectivity index (χ1) is 8.72. The fraction of sp³-hybridized carbons (Fsp3) is 0.462. The molecule has 0 unspecified atom stereocenters. The lowest BCUT2D eigenvalue weighted by atomic mass is 10.2. The van der Waals surface area contributed by atoms with Crippen LogP contribution in [0.2, 0.25) is 0 Å². The number of carbonyl (C=O) groups is 1. The Bertz CT molecular complexity index is 440. The maximum absolute atomic E-state index is 11.5. The number of esters is 1. The van der Waals surface area contributed by atoms with Gasteiger partial charge in [0.25, 0.3) is 0 Å². The summed E-state index contributed by atoms with van der Waals surface area (Å²) >= 11 is 0. The van der Waals surface area contributed by atoms with Gasteiger partial charge in [-0.3, -0.25) is 4.79 Å². The molecule has 1 rings (SSSR count). The Kier molecular flexibility index (Phi) is 5.65. The van der Waals surface area contributed by atoms with E-state index < -0.39 is 0 Å². The van der Waals surface area contributed by atoms with E-state index in [0.29, 0.717) is 24.5 Å². The minimum absolute atomic E-state index is 0.141. The van der Waals surface area contributed by atoms with E-state index in [1.807, 2.05) is 17.9 Å². The highest BCUT2D eigenvalue weighted by Crippen LogP contribution is 2.17. The average molecular weight is 247 g/mol. The fourth-order valence-corrected chi connectivity index (χ4v) is 1.66. The van der Waals surface area contributed by atoms with E-state index in [0.717, 1.165) is 6.42 Å². The first-order valence-electron chi connectivity index (χ1n) is 5.98. The highest BCUT2D eigenvalue weighted by Gasteiger charge is 2.15. The number of aromatic nitrogens is 1. The van der Waals surface area contributed by atoms with Crippen molar-refractivity contribution in [3.05, 3.63) is 24.0 Å². The summed E-state index contributed by atoms with van der Waals surface area (Å²) in [6.07, 6.45) is 2.44. The molecule has 18 heavy (non-hydrogen) atoms. The molecule has 0 amide bonds. The molecule has 0 radical (unpaired) electrons. The Labute approximate surface area is 107 Å².